The van der Waals surface area contributed by atoms with Crippen molar-refractivity contribution in [2.45, 2.75) is 37.6 Å². The smallest absolute Gasteiger partial charge is 0.243 e. The lowest BCUT2D eigenvalue weighted by Crippen LogP contribution is -2.36. The van der Waals surface area contributed by atoms with E-state index in [2.05, 4.69) is 4.90 Å². The van der Waals surface area contributed by atoms with Gasteiger partial charge in [-0.15, -0.1) is 0 Å². The van der Waals surface area contributed by atoms with E-state index in [4.69, 9.17) is 9.84 Å². The Kier molecular flexibility index (Phi) is 6.59. The molecule has 0 amide bonds. The SMILES string of the molecule is CCCN(CC1CC1)S(=O)(=O)c1ccc2c(c1)c(N1CCOCC1)nn2Cc1ccc(F)cc1. The molecule has 5 rings (SSSR count). The number of rotatable bonds is 9. The van der Waals surface area contributed by atoms with Crippen LogP contribution in [0.3, 0.4) is 0 Å². The fourth-order valence-corrected chi connectivity index (χ4v) is 6.13. The van der Waals surface area contributed by atoms with Gasteiger partial charge in [0.15, 0.2) is 5.82 Å². The summed E-state index contributed by atoms with van der Waals surface area (Å²) in [4.78, 5) is 2.46. The average Bonchev–Trinajstić information content (AvgIpc) is 3.60. The normalized spacial score (nSPS) is 17.1. The maximum atomic E-state index is 13.6. The Morgan fingerprint density at radius 3 is 2.53 bits per heavy atom. The number of halogens is 1. The molecule has 3 aromatic rings. The molecule has 34 heavy (non-hydrogen) atoms. The monoisotopic (exact) mass is 486 g/mol. The molecule has 182 valence electrons. The minimum atomic E-state index is -3.60. The second-order valence-electron chi connectivity index (χ2n) is 9.19. The zero-order valence-corrected chi connectivity index (χ0v) is 20.3. The highest BCUT2D eigenvalue weighted by molar-refractivity contribution is 7.89. The van der Waals surface area contributed by atoms with Crippen LogP contribution < -0.4 is 4.90 Å². The summed E-state index contributed by atoms with van der Waals surface area (Å²) in [6.45, 7) is 6.20. The second kappa shape index (κ2) is 9.64. The molecule has 0 bridgehead atoms. The van der Waals surface area contributed by atoms with Gasteiger partial charge in [-0.1, -0.05) is 19.1 Å². The largest absolute Gasteiger partial charge is 0.378 e. The molecule has 7 nitrogen and oxygen atoms in total. The summed E-state index contributed by atoms with van der Waals surface area (Å²) in [6, 6.07) is 11.7. The van der Waals surface area contributed by atoms with Crippen LogP contribution in [0.15, 0.2) is 47.4 Å². The fraction of sp³-hybridized carbons (Fsp3) is 0.480. The van der Waals surface area contributed by atoms with Crippen molar-refractivity contribution >= 4 is 26.7 Å². The number of nitrogens with zero attached hydrogens (tertiary/aromatic N) is 4. The zero-order chi connectivity index (χ0) is 23.7. The number of hydrogen-bond acceptors (Lipinski definition) is 5. The predicted molar refractivity (Wildman–Crippen MR) is 130 cm³/mol. The van der Waals surface area contributed by atoms with Crippen LogP contribution in [0.2, 0.25) is 0 Å². The number of sulfonamides is 1. The molecule has 0 spiro atoms. The molecule has 0 unspecified atom stereocenters. The molecular formula is C25H31FN4O3S. The van der Waals surface area contributed by atoms with Crippen molar-refractivity contribution in [3.63, 3.8) is 0 Å². The molecule has 0 atom stereocenters. The second-order valence-corrected chi connectivity index (χ2v) is 11.1. The number of ether oxygens (including phenoxy) is 1. The predicted octanol–water partition coefficient (Wildman–Crippen LogP) is 3.87. The summed E-state index contributed by atoms with van der Waals surface area (Å²) in [6.07, 6.45) is 2.99. The summed E-state index contributed by atoms with van der Waals surface area (Å²) >= 11 is 0. The highest BCUT2D eigenvalue weighted by Gasteiger charge is 2.32. The lowest BCUT2D eigenvalue weighted by molar-refractivity contribution is 0.122. The number of aromatic nitrogens is 2. The molecule has 1 aromatic heterocycles. The number of morpholine rings is 1. The van der Waals surface area contributed by atoms with Crippen LogP contribution >= 0.6 is 0 Å². The van der Waals surface area contributed by atoms with Gasteiger partial charge in [-0.25, -0.2) is 12.8 Å². The summed E-state index contributed by atoms with van der Waals surface area (Å²) in [7, 11) is -3.60. The zero-order valence-electron chi connectivity index (χ0n) is 19.5. The third kappa shape index (κ3) is 4.82. The van der Waals surface area contributed by atoms with Crippen molar-refractivity contribution in [2.75, 3.05) is 44.3 Å². The van der Waals surface area contributed by atoms with Gasteiger partial charge in [0.25, 0.3) is 0 Å². The summed E-state index contributed by atoms with van der Waals surface area (Å²) < 4.78 is 49.6. The van der Waals surface area contributed by atoms with Crippen LogP contribution in [-0.2, 0) is 21.3 Å². The molecule has 2 aromatic carbocycles. The highest BCUT2D eigenvalue weighted by Crippen LogP contribution is 2.34. The van der Waals surface area contributed by atoms with Gasteiger partial charge in [-0.2, -0.15) is 9.40 Å². The Hall–Kier alpha value is -2.49. The number of anilines is 1. The Morgan fingerprint density at radius 1 is 1.12 bits per heavy atom. The van der Waals surface area contributed by atoms with Crippen molar-refractivity contribution in [3.05, 3.63) is 53.8 Å². The average molecular weight is 487 g/mol. The van der Waals surface area contributed by atoms with Crippen molar-refractivity contribution in [3.8, 4) is 0 Å². The van der Waals surface area contributed by atoms with Crippen LogP contribution in [0.5, 0.6) is 0 Å². The number of hydrogen-bond donors (Lipinski definition) is 0. The minimum absolute atomic E-state index is 0.277. The fourth-order valence-electron chi connectivity index (χ4n) is 4.49. The van der Waals surface area contributed by atoms with Gasteiger partial charge in [-0.3, -0.25) is 4.68 Å². The first kappa shape index (κ1) is 23.3. The summed E-state index contributed by atoms with van der Waals surface area (Å²) in [5.74, 6) is 0.967. The van der Waals surface area contributed by atoms with E-state index < -0.39 is 10.0 Å². The van der Waals surface area contributed by atoms with Crippen LogP contribution in [0.4, 0.5) is 10.2 Å². The molecule has 1 aliphatic carbocycles. The molecule has 1 saturated carbocycles. The number of fused-ring (bicyclic) bond motifs is 1. The van der Waals surface area contributed by atoms with E-state index in [0.717, 1.165) is 41.5 Å². The topological polar surface area (TPSA) is 67.7 Å². The molecule has 2 aliphatic rings. The molecule has 1 aliphatic heterocycles. The van der Waals surface area contributed by atoms with Crippen molar-refractivity contribution in [1.82, 2.24) is 14.1 Å². The highest BCUT2D eigenvalue weighted by atomic mass is 32.2. The maximum absolute atomic E-state index is 13.6. The Labute approximate surface area is 200 Å². The minimum Gasteiger partial charge on any atom is -0.378 e. The van der Waals surface area contributed by atoms with Crippen LogP contribution in [0.25, 0.3) is 10.9 Å². The van der Waals surface area contributed by atoms with E-state index in [1.807, 2.05) is 17.7 Å². The van der Waals surface area contributed by atoms with Gasteiger partial charge in [-0.05, 0) is 61.1 Å². The van der Waals surface area contributed by atoms with E-state index in [0.29, 0.717) is 56.8 Å². The first-order chi connectivity index (χ1) is 16.5. The van der Waals surface area contributed by atoms with Crippen LogP contribution in [0, 0.1) is 11.7 Å². The molecule has 0 radical (unpaired) electrons. The molecule has 2 fully saturated rings. The van der Waals surface area contributed by atoms with Crippen molar-refractivity contribution in [1.29, 1.82) is 0 Å². The van der Waals surface area contributed by atoms with Crippen molar-refractivity contribution < 1.29 is 17.5 Å². The van der Waals surface area contributed by atoms with E-state index >= 15 is 0 Å². The van der Waals surface area contributed by atoms with Crippen LogP contribution in [-0.4, -0.2) is 61.9 Å². The molecule has 2 heterocycles. The maximum Gasteiger partial charge on any atom is 0.243 e. The lowest BCUT2D eigenvalue weighted by Gasteiger charge is -2.27. The third-order valence-corrected chi connectivity index (χ3v) is 8.39. The van der Waals surface area contributed by atoms with E-state index in [1.165, 1.54) is 12.1 Å². The van der Waals surface area contributed by atoms with Gasteiger partial charge in [0.05, 0.1) is 30.2 Å². The van der Waals surface area contributed by atoms with E-state index in [9.17, 15) is 12.8 Å². The quantitative estimate of drug-likeness (QED) is 0.459. The number of benzene rings is 2. The van der Waals surface area contributed by atoms with Crippen LogP contribution in [0.1, 0.15) is 31.7 Å². The van der Waals surface area contributed by atoms with Crippen molar-refractivity contribution in [2.24, 2.45) is 5.92 Å². The Balaban J connectivity index is 1.55. The molecule has 0 N–H and O–H groups in total. The molecular weight excluding hydrogens is 455 g/mol. The summed E-state index contributed by atoms with van der Waals surface area (Å²) in [5, 5.41) is 5.69. The van der Waals surface area contributed by atoms with Gasteiger partial charge in [0.1, 0.15) is 5.82 Å². The Morgan fingerprint density at radius 2 is 1.85 bits per heavy atom. The van der Waals surface area contributed by atoms with E-state index in [1.54, 1.807) is 28.6 Å². The summed E-state index contributed by atoms with van der Waals surface area (Å²) in [5.41, 5.74) is 1.78. The van der Waals surface area contributed by atoms with Gasteiger partial charge >= 0.3 is 0 Å². The molecule has 9 heteroatoms. The van der Waals surface area contributed by atoms with Gasteiger partial charge in [0, 0.05) is 31.6 Å². The first-order valence-electron chi connectivity index (χ1n) is 12.0. The lowest BCUT2D eigenvalue weighted by atomic mass is 10.2. The third-order valence-electron chi connectivity index (χ3n) is 6.53. The van der Waals surface area contributed by atoms with Gasteiger partial charge < -0.3 is 9.64 Å². The Bertz CT molecular complexity index is 1250. The standard InChI is InChI=1S/C25H31FN4O3S/c1-2-11-29(17-19-3-4-19)34(31,32)22-9-10-24-23(16-22)25(28-12-14-33-15-13-28)27-30(24)18-20-5-7-21(26)8-6-20/h5-10,16,19H,2-4,11-15,17-18H2,1H3. The van der Waals surface area contributed by atoms with E-state index in [-0.39, 0.29) is 5.82 Å². The first-order valence-corrected chi connectivity index (χ1v) is 13.5. The molecule has 1 saturated heterocycles. The van der Waals surface area contributed by atoms with Gasteiger partial charge in [0.2, 0.25) is 10.0 Å².